The topological polar surface area (TPSA) is 79.4 Å². The van der Waals surface area contributed by atoms with E-state index < -0.39 is 0 Å². The third-order valence-corrected chi connectivity index (χ3v) is 5.16. The molecule has 1 aromatic carbocycles. The number of nitrogens with one attached hydrogen (secondary N) is 2. The summed E-state index contributed by atoms with van der Waals surface area (Å²) in [5.41, 5.74) is 1.39. The number of aryl methyl sites for hydroxylation is 1. The molecule has 1 amide bonds. The molecule has 27 heavy (non-hydrogen) atoms. The summed E-state index contributed by atoms with van der Waals surface area (Å²) in [7, 11) is 1.86. The highest BCUT2D eigenvalue weighted by Gasteiger charge is 2.33. The highest BCUT2D eigenvalue weighted by Crippen LogP contribution is 2.33. The molecule has 1 aliphatic carbocycles. The van der Waals surface area contributed by atoms with Crippen LogP contribution in [-0.2, 0) is 4.79 Å². The van der Waals surface area contributed by atoms with Gasteiger partial charge in [-0.15, -0.1) is 0 Å². The highest BCUT2D eigenvalue weighted by molar-refractivity contribution is 6.03. The Hall–Kier alpha value is -2.90. The lowest BCUT2D eigenvalue weighted by atomic mass is 9.89. The lowest BCUT2D eigenvalue weighted by molar-refractivity contribution is -0.117. The molecule has 7 nitrogen and oxygen atoms in total. The van der Waals surface area contributed by atoms with Crippen LogP contribution in [0.2, 0.25) is 0 Å². The van der Waals surface area contributed by atoms with Gasteiger partial charge in [0.15, 0.2) is 5.82 Å². The van der Waals surface area contributed by atoms with Gasteiger partial charge in [-0.05, 0) is 38.1 Å². The van der Waals surface area contributed by atoms with Crippen molar-refractivity contribution < 1.29 is 13.9 Å². The van der Waals surface area contributed by atoms with E-state index in [0.717, 1.165) is 24.4 Å². The van der Waals surface area contributed by atoms with Gasteiger partial charge < -0.3 is 20.3 Å². The normalized spacial score (nSPS) is 23.9. The Balaban J connectivity index is 1.39. The summed E-state index contributed by atoms with van der Waals surface area (Å²) in [6, 6.07) is 5.99. The third kappa shape index (κ3) is 3.39. The second kappa shape index (κ2) is 6.68. The number of halogens is 1. The predicted molar refractivity (Wildman–Crippen MR) is 101 cm³/mol. The molecule has 1 aromatic heterocycles. The van der Waals surface area contributed by atoms with Crippen LogP contribution in [0.4, 0.5) is 21.8 Å². The minimum atomic E-state index is -0.281. The molecule has 1 saturated carbocycles. The van der Waals surface area contributed by atoms with E-state index in [1.54, 1.807) is 12.1 Å². The molecule has 1 aliphatic heterocycles. The summed E-state index contributed by atoms with van der Waals surface area (Å²) in [6.07, 6.45) is 1.73. The van der Waals surface area contributed by atoms with Crippen molar-refractivity contribution in [2.75, 3.05) is 22.6 Å². The van der Waals surface area contributed by atoms with Crippen LogP contribution in [0.15, 0.2) is 24.3 Å². The van der Waals surface area contributed by atoms with Gasteiger partial charge >= 0.3 is 0 Å². The quantitative estimate of drug-likeness (QED) is 0.860. The minimum Gasteiger partial charge on any atom is -0.490 e. The molecule has 2 aromatic rings. The molecule has 1 atom stereocenters. The molecule has 0 bridgehead atoms. The molecule has 8 heteroatoms. The maximum Gasteiger partial charge on any atom is 0.246 e. The maximum atomic E-state index is 12.9. The highest BCUT2D eigenvalue weighted by atomic mass is 19.1. The number of carbonyl (C=O) groups is 1. The van der Waals surface area contributed by atoms with Crippen molar-refractivity contribution in [2.24, 2.45) is 0 Å². The minimum absolute atomic E-state index is 0.0582. The maximum absolute atomic E-state index is 12.9. The molecular formula is C19H22FN5O2. The second-order valence-corrected chi connectivity index (χ2v) is 7.11. The molecule has 142 valence electrons. The van der Waals surface area contributed by atoms with Gasteiger partial charge in [-0.2, -0.15) is 4.98 Å². The van der Waals surface area contributed by atoms with Crippen molar-refractivity contribution in [1.82, 2.24) is 9.97 Å². The van der Waals surface area contributed by atoms with Gasteiger partial charge in [0, 0.05) is 25.9 Å². The van der Waals surface area contributed by atoms with Gasteiger partial charge in [0.05, 0.1) is 5.69 Å². The number of aromatic nitrogens is 2. The number of hydrogen-bond acceptors (Lipinski definition) is 6. The van der Waals surface area contributed by atoms with Gasteiger partial charge in [-0.1, -0.05) is 0 Å². The van der Waals surface area contributed by atoms with E-state index in [9.17, 15) is 9.18 Å². The molecule has 0 radical (unpaired) electrons. The number of nitrogens with zero attached hydrogens (tertiary/aromatic N) is 3. The molecule has 0 spiro atoms. The molecule has 2 heterocycles. The fraction of sp³-hybridized carbons (Fsp3) is 0.421. The number of anilines is 3. The molecule has 1 fully saturated rings. The number of likely N-dealkylation sites (N-methyl/N-ethyl adjacent to an activating group) is 1. The van der Waals surface area contributed by atoms with Crippen LogP contribution in [0.3, 0.4) is 0 Å². The lowest BCUT2D eigenvalue weighted by Crippen LogP contribution is -2.45. The van der Waals surface area contributed by atoms with Crippen molar-refractivity contribution in [2.45, 2.75) is 44.9 Å². The Kier molecular flexibility index (Phi) is 4.33. The first kappa shape index (κ1) is 17.5. The van der Waals surface area contributed by atoms with Crippen molar-refractivity contribution in [3.05, 3.63) is 35.8 Å². The van der Waals surface area contributed by atoms with E-state index in [4.69, 9.17) is 4.74 Å². The number of amides is 1. The SMILES string of the molecule is Cc1nc(NC2CC(Oc3ccc(F)cc3)C2)nc2c1NC(=O)[C@H](C)N2C. The molecule has 0 saturated heterocycles. The summed E-state index contributed by atoms with van der Waals surface area (Å²) in [4.78, 5) is 22.9. The monoisotopic (exact) mass is 371 g/mol. The summed E-state index contributed by atoms with van der Waals surface area (Å²) >= 11 is 0. The van der Waals surface area contributed by atoms with Gasteiger partial charge in [0.2, 0.25) is 11.9 Å². The summed E-state index contributed by atoms with van der Waals surface area (Å²) in [5.74, 6) is 1.61. The van der Waals surface area contributed by atoms with E-state index in [1.807, 2.05) is 25.8 Å². The average Bonchev–Trinajstić information content (AvgIpc) is 2.61. The van der Waals surface area contributed by atoms with Gasteiger partial charge in [-0.25, -0.2) is 9.37 Å². The average molecular weight is 371 g/mol. The van der Waals surface area contributed by atoms with Crippen LogP contribution >= 0.6 is 0 Å². The molecular weight excluding hydrogens is 349 g/mol. The van der Waals surface area contributed by atoms with Gasteiger partial charge in [0.25, 0.3) is 0 Å². The standard InChI is InChI=1S/C19H22FN5O2/c1-10-16-17(25(3)11(2)18(26)23-16)24-19(21-10)22-13-8-15(9-13)27-14-6-4-12(20)5-7-14/h4-7,11,13,15H,8-9H2,1-3H3,(H,23,26)(H,21,22,24)/t11-,13?,15?/m0/s1. The number of carbonyl (C=O) groups excluding carboxylic acids is 1. The van der Waals surface area contributed by atoms with Crippen molar-refractivity contribution in [1.29, 1.82) is 0 Å². The molecule has 0 unspecified atom stereocenters. The first-order valence-corrected chi connectivity index (χ1v) is 9.02. The van der Waals surface area contributed by atoms with Crippen LogP contribution in [0.1, 0.15) is 25.5 Å². The van der Waals surface area contributed by atoms with E-state index in [2.05, 4.69) is 20.6 Å². The Morgan fingerprint density at radius 1 is 1.26 bits per heavy atom. The lowest BCUT2D eigenvalue weighted by Gasteiger charge is -2.36. The van der Waals surface area contributed by atoms with Crippen LogP contribution in [0.25, 0.3) is 0 Å². The summed E-state index contributed by atoms with van der Waals surface area (Å²) in [5, 5.41) is 6.21. The zero-order chi connectivity index (χ0) is 19.1. The Bertz CT molecular complexity index is 867. The molecule has 4 rings (SSSR count). The Morgan fingerprint density at radius 3 is 2.67 bits per heavy atom. The first-order valence-electron chi connectivity index (χ1n) is 9.02. The number of benzene rings is 1. The largest absolute Gasteiger partial charge is 0.490 e. The Morgan fingerprint density at radius 2 is 1.96 bits per heavy atom. The summed E-state index contributed by atoms with van der Waals surface area (Å²) < 4.78 is 18.8. The number of hydrogen-bond donors (Lipinski definition) is 2. The number of rotatable bonds is 4. The van der Waals surface area contributed by atoms with Crippen LogP contribution in [0.5, 0.6) is 5.75 Å². The van der Waals surface area contributed by atoms with E-state index in [-0.39, 0.29) is 29.9 Å². The smallest absolute Gasteiger partial charge is 0.246 e. The van der Waals surface area contributed by atoms with Crippen LogP contribution in [-0.4, -0.2) is 41.1 Å². The van der Waals surface area contributed by atoms with E-state index in [0.29, 0.717) is 17.4 Å². The molecule has 2 N–H and O–H groups in total. The van der Waals surface area contributed by atoms with Crippen molar-refractivity contribution in [3.63, 3.8) is 0 Å². The zero-order valence-electron chi connectivity index (χ0n) is 15.5. The van der Waals surface area contributed by atoms with E-state index >= 15 is 0 Å². The number of fused-ring (bicyclic) bond motifs is 1. The zero-order valence-corrected chi connectivity index (χ0v) is 15.5. The van der Waals surface area contributed by atoms with E-state index in [1.165, 1.54) is 12.1 Å². The van der Waals surface area contributed by atoms with Crippen LogP contribution < -0.4 is 20.3 Å². The van der Waals surface area contributed by atoms with Gasteiger partial charge in [-0.3, -0.25) is 4.79 Å². The fourth-order valence-electron chi connectivity index (χ4n) is 3.28. The van der Waals surface area contributed by atoms with Crippen molar-refractivity contribution >= 4 is 23.4 Å². The third-order valence-electron chi connectivity index (χ3n) is 5.16. The molecule has 2 aliphatic rings. The first-order chi connectivity index (χ1) is 12.9. The van der Waals surface area contributed by atoms with Crippen molar-refractivity contribution in [3.8, 4) is 5.75 Å². The van der Waals surface area contributed by atoms with Gasteiger partial charge in [0.1, 0.15) is 29.4 Å². The predicted octanol–water partition coefficient (Wildman–Crippen LogP) is 2.72. The number of ether oxygens (including phenoxy) is 1. The second-order valence-electron chi connectivity index (χ2n) is 7.11. The Labute approximate surface area is 157 Å². The van der Waals surface area contributed by atoms with Crippen LogP contribution in [0, 0.1) is 12.7 Å². The fourth-order valence-corrected chi connectivity index (χ4v) is 3.28. The summed E-state index contributed by atoms with van der Waals surface area (Å²) in [6.45, 7) is 3.70.